The van der Waals surface area contributed by atoms with Crippen LogP contribution in [0.5, 0.6) is 0 Å². The van der Waals surface area contributed by atoms with E-state index in [-0.39, 0.29) is 7.43 Å². The number of alkyl halides is 6. The summed E-state index contributed by atoms with van der Waals surface area (Å²) in [6, 6.07) is 51.9. The van der Waals surface area contributed by atoms with Crippen molar-refractivity contribution in [3.8, 4) is 23.8 Å². The molecule has 66 heavy (non-hydrogen) atoms. The summed E-state index contributed by atoms with van der Waals surface area (Å²) in [6.07, 6.45) is -3.00. The Morgan fingerprint density at radius 1 is 0.606 bits per heavy atom. The van der Waals surface area contributed by atoms with Crippen LogP contribution >= 0.6 is 30.7 Å². The minimum absolute atomic E-state index is 0. The third kappa shape index (κ3) is 41.7. The van der Waals surface area contributed by atoms with Crippen molar-refractivity contribution in [3.63, 3.8) is 0 Å². The molecular formula is C52H58BrF6N5P2. The largest absolute Gasteiger partial charge is 0.487 e. The van der Waals surface area contributed by atoms with Gasteiger partial charge >= 0.3 is 12.4 Å². The zero-order valence-electron chi connectivity index (χ0n) is 37.5. The second-order valence-electron chi connectivity index (χ2n) is 12.7. The SMILES string of the molecule is Brc1ccccn1.C.C=C.C=P(C)(C)C.Cc1cccc(C)n1.FC(F)(F)C(F)(F)F.[C-]#[N+]C.[C-]#[N+]C#CC#CC.c1ccc(P(c2ccccc2)c2ccccc2)cc1.c1ccncc1. The van der Waals surface area contributed by atoms with E-state index < -0.39 is 27.2 Å². The maximum absolute atomic E-state index is 10.4. The van der Waals surface area contributed by atoms with Gasteiger partial charge < -0.3 is 4.85 Å². The monoisotopic (exact) mass is 1010 g/mol. The van der Waals surface area contributed by atoms with E-state index in [4.69, 9.17) is 13.1 Å². The van der Waals surface area contributed by atoms with Gasteiger partial charge in [0.15, 0.2) is 0 Å². The molecule has 350 valence electrons. The number of pyridine rings is 3. The van der Waals surface area contributed by atoms with Crippen LogP contribution in [0, 0.1) is 50.8 Å². The van der Waals surface area contributed by atoms with Crippen LogP contribution in [0.2, 0.25) is 0 Å². The molecule has 3 aromatic carbocycles. The molecule has 0 saturated heterocycles. The molecule has 0 aliphatic carbocycles. The number of halogens is 7. The highest BCUT2D eigenvalue weighted by Gasteiger charge is 2.58. The second-order valence-corrected chi connectivity index (χ2v) is 20.3. The molecule has 0 radical (unpaired) electrons. The van der Waals surface area contributed by atoms with E-state index in [1.54, 1.807) is 25.5 Å². The van der Waals surface area contributed by atoms with E-state index in [2.05, 4.69) is 195 Å². The third-order valence-electron chi connectivity index (χ3n) is 5.89. The summed E-state index contributed by atoms with van der Waals surface area (Å²) in [4.78, 5) is 17.4. The van der Waals surface area contributed by atoms with Crippen molar-refractivity contribution in [2.24, 2.45) is 0 Å². The number of aryl methyl sites for hydroxylation is 2. The van der Waals surface area contributed by atoms with Crippen molar-refractivity contribution in [1.29, 1.82) is 0 Å². The van der Waals surface area contributed by atoms with Gasteiger partial charge in [-0.1, -0.05) is 123 Å². The molecule has 0 N–H and O–H groups in total. The first-order valence-corrected chi connectivity index (χ1v) is 24.3. The van der Waals surface area contributed by atoms with Crippen molar-refractivity contribution in [2.45, 2.75) is 40.6 Å². The molecule has 6 aromatic rings. The lowest BCUT2D eigenvalue weighted by Gasteiger charge is -2.18. The number of rotatable bonds is 3. The summed E-state index contributed by atoms with van der Waals surface area (Å²) in [5, 5.41) is 4.19. The highest BCUT2D eigenvalue weighted by Crippen LogP contribution is 2.36. The van der Waals surface area contributed by atoms with Crippen molar-refractivity contribution < 1.29 is 26.3 Å². The molecule has 0 unspecified atom stereocenters. The molecule has 3 aromatic heterocycles. The Bertz CT molecular complexity index is 2170. The summed E-state index contributed by atoms with van der Waals surface area (Å²) in [7, 11) is 0.971. The first kappa shape index (κ1) is 66.3. The van der Waals surface area contributed by atoms with Gasteiger partial charge in [-0.15, -0.1) is 26.3 Å². The number of nitrogens with zero attached hydrogens (tertiary/aromatic N) is 5. The summed E-state index contributed by atoms with van der Waals surface area (Å²) in [6.45, 7) is 29.6. The van der Waals surface area contributed by atoms with Gasteiger partial charge in [0, 0.05) is 30.0 Å². The third-order valence-corrected chi connectivity index (χ3v) is 8.80. The van der Waals surface area contributed by atoms with E-state index in [9.17, 15) is 26.3 Å². The van der Waals surface area contributed by atoms with Crippen molar-refractivity contribution in [2.75, 3.05) is 27.0 Å². The summed E-state index contributed by atoms with van der Waals surface area (Å²) in [5.41, 5.74) is 2.18. The quantitative estimate of drug-likeness (QED) is 0.0443. The lowest BCUT2D eigenvalue weighted by molar-refractivity contribution is -0.339. The van der Waals surface area contributed by atoms with Crippen LogP contribution in [-0.4, -0.2) is 60.6 Å². The summed E-state index contributed by atoms with van der Waals surface area (Å²) in [5.74, 6) is 7.28. The Hall–Kier alpha value is -6.26. The average molecular weight is 1010 g/mol. The molecule has 0 saturated carbocycles. The maximum Gasteiger partial charge on any atom is 0.487 e. The molecule has 0 aliphatic rings. The lowest BCUT2D eigenvalue weighted by Crippen LogP contribution is -2.30. The summed E-state index contributed by atoms with van der Waals surface area (Å²) >= 11 is 3.20. The fraction of sp³-hybridized carbons (Fsp3) is 0.192. The average Bonchev–Trinajstić information content (AvgIpc) is 3.27. The number of aromatic nitrogens is 3. The molecule has 3 heterocycles. The van der Waals surface area contributed by atoms with Crippen LogP contribution in [0.25, 0.3) is 9.69 Å². The molecule has 0 atom stereocenters. The van der Waals surface area contributed by atoms with E-state index in [1.807, 2.05) is 68.4 Å². The fourth-order valence-electron chi connectivity index (χ4n) is 3.63. The van der Waals surface area contributed by atoms with Crippen LogP contribution in [0.1, 0.15) is 25.7 Å². The van der Waals surface area contributed by atoms with Gasteiger partial charge in [0.1, 0.15) is 17.2 Å². The van der Waals surface area contributed by atoms with Gasteiger partial charge in [-0.3, -0.25) is 9.97 Å². The van der Waals surface area contributed by atoms with Gasteiger partial charge in [0.2, 0.25) is 7.05 Å². The van der Waals surface area contributed by atoms with Crippen molar-refractivity contribution in [3.05, 3.63) is 216 Å². The molecule has 0 fully saturated rings. The highest BCUT2D eigenvalue weighted by atomic mass is 79.9. The molecular weight excluding hydrogens is 950 g/mol. The zero-order valence-corrected chi connectivity index (χ0v) is 40.9. The Balaban J connectivity index is -0.000000353. The molecule has 6 rings (SSSR count). The van der Waals surface area contributed by atoms with Crippen molar-refractivity contribution >= 4 is 53.0 Å². The summed E-state index contributed by atoms with van der Waals surface area (Å²) < 4.78 is 63.5. The van der Waals surface area contributed by atoms with Crippen LogP contribution in [0.15, 0.2) is 182 Å². The Morgan fingerprint density at radius 2 is 0.939 bits per heavy atom. The molecule has 0 bridgehead atoms. The fourth-order valence-corrected chi connectivity index (χ4v) is 6.21. The standard InChI is InChI=1S/C18H15P.C7H9N.C6H3N.C5H4BrN.C5H5N.C4H11P.C2F6.C2H3N.C2H4.CH4/c1-4-10-16(11-5-1)19(17-12-6-2-7-13-17)18-14-8-3-9-15-18;1-6-4-3-5-7(2)8-6;1-3-4-5-6-7-2;6-5-3-1-2-4-7-5;1-2-4-6-5-3-1;1-5(2,3)4;3-1(4,5)2(6,7)8;1-3-2;1-2;/h1-15H;3-5H,1-2H3;1H3;1-4H;1-5H;1H2,2-4H3;;1H3;1-2H2;1H4. The first-order valence-electron chi connectivity index (χ1n) is 18.8. The smallest absolute Gasteiger partial charge is 0.320 e. The predicted octanol–water partition coefficient (Wildman–Crippen LogP) is 14.4. The molecule has 14 heteroatoms. The lowest BCUT2D eigenvalue weighted by atomic mass is 10.3. The van der Waals surface area contributed by atoms with Crippen LogP contribution in [0.4, 0.5) is 26.3 Å². The van der Waals surface area contributed by atoms with Gasteiger partial charge in [0.05, 0.1) is 0 Å². The Labute approximate surface area is 400 Å². The highest BCUT2D eigenvalue weighted by molar-refractivity contribution is 9.10. The Morgan fingerprint density at radius 3 is 1.14 bits per heavy atom. The first-order chi connectivity index (χ1) is 30.7. The van der Waals surface area contributed by atoms with E-state index in [0.717, 1.165) is 16.0 Å². The van der Waals surface area contributed by atoms with Gasteiger partial charge in [-0.2, -0.15) is 31.2 Å². The molecule has 0 amide bonds. The van der Waals surface area contributed by atoms with Crippen molar-refractivity contribution in [1.82, 2.24) is 15.0 Å². The topological polar surface area (TPSA) is 47.4 Å². The van der Waals surface area contributed by atoms with Gasteiger partial charge in [-0.25, -0.2) is 11.6 Å². The van der Waals surface area contributed by atoms with Gasteiger partial charge in [-0.05, 0) is 129 Å². The maximum atomic E-state index is 10.4. The number of hydrogen-bond acceptors (Lipinski definition) is 3. The Kier molecular flexibility index (Phi) is 41.7. The van der Waals surface area contributed by atoms with Crippen LogP contribution in [-0.2, 0) is 0 Å². The molecule has 0 spiro atoms. The zero-order chi connectivity index (χ0) is 50.0. The van der Waals surface area contributed by atoms with E-state index in [0.29, 0.717) is 0 Å². The minimum Gasteiger partial charge on any atom is -0.320 e. The second kappa shape index (κ2) is 41.4. The minimum atomic E-state index is -6.06. The van der Waals surface area contributed by atoms with E-state index in [1.165, 1.54) is 23.0 Å². The van der Waals surface area contributed by atoms with Crippen LogP contribution in [0.3, 0.4) is 0 Å². The molecule has 0 aliphatic heterocycles. The van der Waals surface area contributed by atoms with Gasteiger partial charge in [0.25, 0.3) is 0 Å². The predicted molar refractivity (Wildman–Crippen MR) is 277 cm³/mol. The number of hydrogen-bond donors (Lipinski definition) is 0. The normalized spacial score (nSPS) is 8.98. The number of benzene rings is 3. The van der Waals surface area contributed by atoms with Crippen LogP contribution < -0.4 is 15.9 Å². The van der Waals surface area contributed by atoms with E-state index >= 15 is 0 Å². The molecule has 5 nitrogen and oxygen atoms in total.